The second-order valence-corrected chi connectivity index (χ2v) is 7.14. The van der Waals surface area contributed by atoms with Gasteiger partial charge < -0.3 is 36.9 Å². The van der Waals surface area contributed by atoms with E-state index in [1.807, 2.05) is 0 Å². The second kappa shape index (κ2) is 9.33. The number of fused-ring (bicyclic) bond motifs is 1. The third kappa shape index (κ3) is 4.50. The van der Waals surface area contributed by atoms with Gasteiger partial charge in [-0.15, -0.1) is 6.42 Å². The maximum absolute atomic E-state index is 10.9. The number of hydrogen-bond donors (Lipinski definition) is 5. The summed E-state index contributed by atoms with van der Waals surface area (Å²) in [5, 5.41) is 19.7. The summed E-state index contributed by atoms with van der Waals surface area (Å²) in [5.74, 6) is 1.50. The number of ether oxygens (including phenoxy) is 2. The highest BCUT2D eigenvalue weighted by Crippen LogP contribution is 2.35. The van der Waals surface area contributed by atoms with Crippen molar-refractivity contribution >= 4 is 23.0 Å². The Hall–Kier alpha value is -2.82. The van der Waals surface area contributed by atoms with Crippen LogP contribution in [0.25, 0.3) is 11.2 Å². The number of carboxylic acid groups (broad SMARTS) is 1. The Balaban J connectivity index is 1.77. The molecule has 0 bridgehead atoms. The molecule has 3 rings (SSSR count). The minimum atomic E-state index is -1.09. The maximum Gasteiger partial charge on any atom is 0.320 e. The van der Waals surface area contributed by atoms with Gasteiger partial charge in [0.1, 0.15) is 36.7 Å². The van der Waals surface area contributed by atoms with Crippen LogP contribution in [0.2, 0.25) is 0 Å². The number of imidazole rings is 1. The SMILES string of the molecule is C#CCO[C@@H]1[C@H](O)[C@@H](C[C@@H](N)CC[C@H](N)C(=O)O)O[C@H]1n1cnc2c(N)ncnc21. The fourth-order valence-electron chi connectivity index (χ4n) is 3.45. The topological polar surface area (TPSA) is 198 Å². The molecule has 0 amide bonds. The Morgan fingerprint density at radius 3 is 2.83 bits per heavy atom. The van der Waals surface area contributed by atoms with E-state index in [0.29, 0.717) is 17.6 Å². The predicted molar refractivity (Wildman–Crippen MR) is 106 cm³/mol. The van der Waals surface area contributed by atoms with Gasteiger partial charge in [0.2, 0.25) is 0 Å². The number of carbonyl (C=O) groups is 1. The van der Waals surface area contributed by atoms with Gasteiger partial charge in [-0.1, -0.05) is 5.92 Å². The number of rotatable bonds is 9. The molecular formula is C18H25N7O5. The molecular weight excluding hydrogens is 394 g/mol. The van der Waals surface area contributed by atoms with Gasteiger partial charge in [-0.3, -0.25) is 9.36 Å². The molecule has 3 heterocycles. The Morgan fingerprint density at radius 2 is 2.13 bits per heavy atom. The summed E-state index contributed by atoms with van der Waals surface area (Å²) >= 11 is 0. The normalized spacial score (nSPS) is 25.8. The number of aromatic nitrogens is 4. The summed E-state index contributed by atoms with van der Waals surface area (Å²) in [6.07, 6.45) is 5.65. The van der Waals surface area contributed by atoms with Crippen molar-refractivity contribution in [2.45, 2.75) is 55.9 Å². The molecule has 0 aliphatic carbocycles. The molecule has 162 valence electrons. The maximum atomic E-state index is 10.9. The van der Waals surface area contributed by atoms with Crippen LogP contribution in [-0.2, 0) is 14.3 Å². The van der Waals surface area contributed by atoms with Crippen molar-refractivity contribution in [2.75, 3.05) is 12.3 Å². The van der Waals surface area contributed by atoms with E-state index >= 15 is 0 Å². The van der Waals surface area contributed by atoms with Crippen molar-refractivity contribution < 1.29 is 24.5 Å². The molecule has 0 saturated carbocycles. The fourth-order valence-corrected chi connectivity index (χ4v) is 3.45. The van der Waals surface area contributed by atoms with Gasteiger partial charge in [0.05, 0.1) is 12.4 Å². The summed E-state index contributed by atoms with van der Waals surface area (Å²) in [6.45, 7) is -0.0302. The van der Waals surface area contributed by atoms with Gasteiger partial charge in [-0.2, -0.15) is 0 Å². The van der Waals surface area contributed by atoms with E-state index in [2.05, 4.69) is 20.9 Å². The Labute approximate surface area is 172 Å². The molecule has 30 heavy (non-hydrogen) atoms. The molecule has 0 spiro atoms. The Morgan fingerprint density at radius 1 is 1.37 bits per heavy atom. The van der Waals surface area contributed by atoms with Gasteiger partial charge in [-0.25, -0.2) is 15.0 Å². The minimum Gasteiger partial charge on any atom is -0.480 e. The Bertz CT molecular complexity index is 929. The van der Waals surface area contributed by atoms with Gasteiger partial charge in [0.15, 0.2) is 17.7 Å². The summed E-state index contributed by atoms with van der Waals surface area (Å²) in [5.41, 5.74) is 18.3. The average molecular weight is 419 g/mol. The number of aliphatic carboxylic acids is 1. The molecule has 12 nitrogen and oxygen atoms in total. The number of nitrogens with two attached hydrogens (primary N) is 3. The van der Waals surface area contributed by atoms with Crippen LogP contribution < -0.4 is 17.2 Å². The summed E-state index contributed by atoms with van der Waals surface area (Å²) in [4.78, 5) is 23.2. The highest BCUT2D eigenvalue weighted by atomic mass is 16.6. The van der Waals surface area contributed by atoms with Crippen LogP contribution in [0, 0.1) is 12.3 Å². The van der Waals surface area contributed by atoms with E-state index in [0.717, 1.165) is 0 Å². The molecule has 12 heteroatoms. The molecule has 2 aromatic rings. The van der Waals surface area contributed by atoms with Crippen molar-refractivity contribution in [3.8, 4) is 12.3 Å². The molecule has 0 unspecified atom stereocenters. The minimum absolute atomic E-state index is 0.0302. The number of nitrogens with zero attached hydrogens (tertiary/aromatic N) is 4. The highest BCUT2D eigenvalue weighted by Gasteiger charge is 2.46. The monoisotopic (exact) mass is 419 g/mol. The molecule has 8 N–H and O–H groups in total. The third-order valence-corrected chi connectivity index (χ3v) is 5.03. The van der Waals surface area contributed by atoms with Crippen molar-refractivity contribution in [3.63, 3.8) is 0 Å². The molecule has 1 aliphatic heterocycles. The molecule has 6 atom stereocenters. The molecule has 1 saturated heterocycles. The number of nitrogen functional groups attached to an aromatic ring is 1. The van der Waals surface area contributed by atoms with Crippen LogP contribution in [0.4, 0.5) is 5.82 Å². The van der Waals surface area contributed by atoms with E-state index in [9.17, 15) is 9.90 Å². The zero-order chi connectivity index (χ0) is 21.8. The quantitative estimate of drug-likeness (QED) is 0.299. The van der Waals surface area contributed by atoms with Crippen molar-refractivity contribution in [2.24, 2.45) is 11.5 Å². The second-order valence-electron chi connectivity index (χ2n) is 7.14. The van der Waals surface area contributed by atoms with Crippen LogP contribution >= 0.6 is 0 Å². The zero-order valence-corrected chi connectivity index (χ0v) is 16.2. The van der Waals surface area contributed by atoms with Crippen molar-refractivity contribution in [1.82, 2.24) is 19.5 Å². The van der Waals surface area contributed by atoms with E-state index < -0.39 is 42.6 Å². The van der Waals surface area contributed by atoms with Gasteiger partial charge >= 0.3 is 5.97 Å². The largest absolute Gasteiger partial charge is 0.480 e. The molecule has 2 aromatic heterocycles. The Kier molecular flexibility index (Phi) is 6.80. The lowest BCUT2D eigenvalue weighted by Gasteiger charge is -2.21. The third-order valence-electron chi connectivity index (χ3n) is 5.03. The number of aliphatic hydroxyl groups excluding tert-OH is 1. The van der Waals surface area contributed by atoms with E-state index in [4.69, 9.17) is 38.2 Å². The van der Waals surface area contributed by atoms with Gasteiger partial charge in [-0.05, 0) is 19.3 Å². The smallest absolute Gasteiger partial charge is 0.320 e. The molecule has 0 aromatic carbocycles. The van der Waals surface area contributed by atoms with E-state index in [1.54, 1.807) is 4.57 Å². The number of carboxylic acids is 1. The van der Waals surface area contributed by atoms with Crippen molar-refractivity contribution in [3.05, 3.63) is 12.7 Å². The van der Waals surface area contributed by atoms with Crippen LogP contribution in [0.1, 0.15) is 25.5 Å². The highest BCUT2D eigenvalue weighted by molar-refractivity contribution is 5.81. The molecule has 0 radical (unpaired) electrons. The van der Waals surface area contributed by atoms with Crippen LogP contribution in [0.5, 0.6) is 0 Å². The number of terminal acetylenes is 1. The number of hydrogen-bond acceptors (Lipinski definition) is 10. The van der Waals surface area contributed by atoms with Crippen molar-refractivity contribution in [1.29, 1.82) is 0 Å². The fraction of sp³-hybridized carbons (Fsp3) is 0.556. The molecule has 1 aliphatic rings. The first kappa shape index (κ1) is 21.9. The lowest BCUT2D eigenvalue weighted by Crippen LogP contribution is -2.38. The van der Waals surface area contributed by atoms with Crippen LogP contribution in [-0.4, -0.2) is 72.7 Å². The van der Waals surface area contributed by atoms with E-state index in [1.165, 1.54) is 12.7 Å². The zero-order valence-electron chi connectivity index (χ0n) is 16.2. The standard InChI is InChI=1S/C18H25N7O5/c1-2-5-29-14-13(26)11(6-9(19)3-4-10(20)18(27)28)30-17(14)25-8-24-12-15(21)22-7-23-16(12)25/h1,7-11,13-14,17,26H,3-6,19-20H2,(H,27,28)(H2,21,22,23)/t9-,10-,11+,13+,14+,17+/m0/s1. The lowest BCUT2D eigenvalue weighted by molar-refractivity contribution is -0.138. The average Bonchev–Trinajstić information content (AvgIpc) is 3.27. The molecule has 1 fully saturated rings. The summed E-state index contributed by atoms with van der Waals surface area (Å²) < 4.78 is 13.3. The van der Waals surface area contributed by atoms with Crippen LogP contribution in [0.15, 0.2) is 12.7 Å². The van der Waals surface area contributed by atoms with Gasteiger partial charge in [0, 0.05) is 6.04 Å². The lowest BCUT2D eigenvalue weighted by atomic mass is 9.98. The predicted octanol–water partition coefficient (Wildman–Crippen LogP) is -1.41. The van der Waals surface area contributed by atoms with Gasteiger partial charge in [0.25, 0.3) is 0 Å². The summed E-state index contributed by atoms with van der Waals surface area (Å²) in [6, 6.07) is -1.42. The summed E-state index contributed by atoms with van der Waals surface area (Å²) in [7, 11) is 0. The first-order chi connectivity index (χ1) is 14.3. The number of aliphatic hydroxyl groups is 1. The van der Waals surface area contributed by atoms with E-state index in [-0.39, 0.29) is 25.3 Å². The first-order valence-electron chi connectivity index (χ1n) is 9.39. The number of anilines is 1. The first-order valence-corrected chi connectivity index (χ1v) is 9.39. The van der Waals surface area contributed by atoms with Crippen LogP contribution in [0.3, 0.4) is 0 Å².